The Balaban J connectivity index is 1.77. The molecule has 0 aromatic heterocycles. The van der Waals surface area contributed by atoms with Gasteiger partial charge in [-0.2, -0.15) is 5.10 Å². The lowest BCUT2D eigenvalue weighted by molar-refractivity contribution is 0.0955. The Morgan fingerprint density at radius 1 is 1.29 bits per heavy atom. The van der Waals surface area contributed by atoms with Gasteiger partial charge in [0.2, 0.25) is 0 Å². The summed E-state index contributed by atoms with van der Waals surface area (Å²) in [6, 6.07) is 11.1. The fourth-order valence-electron chi connectivity index (χ4n) is 4.09. The lowest BCUT2D eigenvalue weighted by Gasteiger charge is -2.47. The van der Waals surface area contributed by atoms with Crippen molar-refractivity contribution in [2.75, 3.05) is 11.4 Å². The summed E-state index contributed by atoms with van der Waals surface area (Å²) in [7, 11) is 0. The SMILES string of the molecule is CCN1c2ccc(/C=N\NC(=O)c3ccc(Cl)cc3Cl)cc2[C@@H](C)CC1(C)C. The molecule has 4 nitrogen and oxygen atoms in total. The molecule has 1 N–H and O–H groups in total. The van der Waals surface area contributed by atoms with Gasteiger partial charge in [-0.3, -0.25) is 4.79 Å². The molecule has 0 unspecified atom stereocenters. The number of carbonyl (C=O) groups is 1. The summed E-state index contributed by atoms with van der Waals surface area (Å²) in [6.07, 6.45) is 2.75. The molecule has 0 spiro atoms. The lowest BCUT2D eigenvalue weighted by Crippen LogP contribution is -2.48. The van der Waals surface area contributed by atoms with E-state index in [1.165, 1.54) is 17.3 Å². The first-order valence-electron chi connectivity index (χ1n) is 9.43. The van der Waals surface area contributed by atoms with Crippen LogP contribution in [0.2, 0.25) is 10.0 Å². The van der Waals surface area contributed by atoms with Gasteiger partial charge in [0.25, 0.3) is 5.91 Å². The van der Waals surface area contributed by atoms with E-state index in [9.17, 15) is 4.79 Å². The smallest absolute Gasteiger partial charge is 0.272 e. The number of benzene rings is 2. The zero-order valence-corrected chi connectivity index (χ0v) is 18.1. The van der Waals surface area contributed by atoms with Crippen LogP contribution in [0.1, 0.15) is 61.5 Å². The molecule has 2 aromatic carbocycles. The van der Waals surface area contributed by atoms with E-state index in [0.29, 0.717) is 21.5 Å². The Morgan fingerprint density at radius 3 is 2.71 bits per heavy atom. The Hall–Kier alpha value is -2.04. The number of hydrogen-bond donors (Lipinski definition) is 1. The zero-order chi connectivity index (χ0) is 20.5. The molecule has 1 atom stereocenters. The number of rotatable bonds is 4. The number of nitrogens with one attached hydrogen (secondary N) is 1. The first-order chi connectivity index (χ1) is 13.2. The van der Waals surface area contributed by atoms with E-state index in [1.807, 2.05) is 6.07 Å². The summed E-state index contributed by atoms with van der Waals surface area (Å²) in [5.74, 6) is 0.0896. The van der Waals surface area contributed by atoms with Crippen molar-refractivity contribution in [2.45, 2.75) is 45.6 Å². The van der Waals surface area contributed by atoms with Crippen LogP contribution in [-0.2, 0) is 0 Å². The minimum atomic E-state index is -0.372. The number of anilines is 1. The maximum absolute atomic E-state index is 12.2. The molecular formula is C22H25Cl2N3O. The van der Waals surface area contributed by atoms with E-state index in [1.54, 1.807) is 18.3 Å². The van der Waals surface area contributed by atoms with Crippen LogP contribution >= 0.6 is 23.2 Å². The van der Waals surface area contributed by atoms with Crippen LogP contribution in [0.4, 0.5) is 5.69 Å². The average Bonchev–Trinajstić information content (AvgIpc) is 2.61. The molecule has 2 aromatic rings. The number of hydrogen-bond acceptors (Lipinski definition) is 3. The van der Waals surface area contributed by atoms with E-state index >= 15 is 0 Å². The number of hydrazone groups is 1. The molecule has 1 aliphatic rings. The summed E-state index contributed by atoms with van der Waals surface area (Å²) in [5, 5.41) is 4.87. The third kappa shape index (κ3) is 4.18. The second-order valence-electron chi connectivity index (χ2n) is 7.80. The molecule has 148 valence electrons. The second kappa shape index (κ2) is 8.14. The molecule has 1 amide bonds. The van der Waals surface area contributed by atoms with Gasteiger partial charge < -0.3 is 4.90 Å². The molecule has 0 saturated carbocycles. The quantitative estimate of drug-likeness (QED) is 0.499. The van der Waals surface area contributed by atoms with Crippen LogP contribution < -0.4 is 10.3 Å². The molecule has 0 bridgehead atoms. The predicted octanol–water partition coefficient (Wildman–Crippen LogP) is 5.87. The molecule has 3 rings (SSSR count). The monoisotopic (exact) mass is 417 g/mol. The highest BCUT2D eigenvalue weighted by atomic mass is 35.5. The second-order valence-corrected chi connectivity index (χ2v) is 8.65. The number of carbonyl (C=O) groups excluding carboxylic acids is 1. The van der Waals surface area contributed by atoms with Crippen molar-refractivity contribution in [1.29, 1.82) is 0 Å². The number of fused-ring (bicyclic) bond motifs is 1. The van der Waals surface area contributed by atoms with Crippen LogP contribution in [0.25, 0.3) is 0 Å². The Morgan fingerprint density at radius 2 is 2.04 bits per heavy atom. The van der Waals surface area contributed by atoms with E-state index in [4.69, 9.17) is 23.2 Å². The van der Waals surface area contributed by atoms with Crippen molar-refractivity contribution >= 4 is 41.0 Å². The summed E-state index contributed by atoms with van der Waals surface area (Å²) in [4.78, 5) is 14.7. The van der Waals surface area contributed by atoms with Gasteiger partial charge in [-0.1, -0.05) is 36.2 Å². The van der Waals surface area contributed by atoms with Crippen LogP contribution in [0.3, 0.4) is 0 Å². The molecule has 0 fully saturated rings. The van der Waals surface area contributed by atoms with Crippen molar-refractivity contribution in [1.82, 2.24) is 5.43 Å². The first-order valence-corrected chi connectivity index (χ1v) is 10.2. The van der Waals surface area contributed by atoms with Crippen molar-refractivity contribution < 1.29 is 4.79 Å². The molecule has 1 aliphatic heterocycles. The van der Waals surface area contributed by atoms with Crippen molar-refractivity contribution in [3.8, 4) is 0 Å². The topological polar surface area (TPSA) is 44.7 Å². The fraction of sp³-hybridized carbons (Fsp3) is 0.364. The van der Waals surface area contributed by atoms with Crippen molar-refractivity contribution in [2.24, 2.45) is 5.10 Å². The van der Waals surface area contributed by atoms with Gasteiger partial charge in [0, 0.05) is 22.8 Å². The highest BCUT2D eigenvalue weighted by Gasteiger charge is 2.35. The largest absolute Gasteiger partial charge is 0.366 e. The van der Waals surface area contributed by atoms with Crippen molar-refractivity contribution in [3.05, 3.63) is 63.1 Å². The summed E-state index contributed by atoms with van der Waals surface area (Å²) < 4.78 is 0. The molecular weight excluding hydrogens is 393 g/mol. The molecule has 1 heterocycles. The molecule has 6 heteroatoms. The van der Waals surface area contributed by atoms with E-state index in [2.05, 4.69) is 55.3 Å². The highest BCUT2D eigenvalue weighted by Crippen LogP contribution is 2.43. The van der Waals surface area contributed by atoms with Crippen LogP contribution in [0.15, 0.2) is 41.5 Å². The summed E-state index contributed by atoms with van der Waals surface area (Å²) in [5.41, 5.74) is 6.55. The predicted molar refractivity (Wildman–Crippen MR) is 118 cm³/mol. The summed E-state index contributed by atoms with van der Waals surface area (Å²) >= 11 is 11.9. The van der Waals surface area contributed by atoms with E-state index in [-0.39, 0.29) is 11.4 Å². The Labute approximate surface area is 176 Å². The van der Waals surface area contributed by atoms with Gasteiger partial charge in [0.05, 0.1) is 16.8 Å². The molecule has 0 aliphatic carbocycles. The minimum Gasteiger partial charge on any atom is -0.366 e. The Kier molecular flexibility index (Phi) is 6.01. The fourth-order valence-corrected chi connectivity index (χ4v) is 4.58. The van der Waals surface area contributed by atoms with Gasteiger partial charge in [-0.25, -0.2) is 5.43 Å². The molecule has 0 saturated heterocycles. The number of nitrogens with zero attached hydrogens (tertiary/aromatic N) is 2. The third-order valence-electron chi connectivity index (χ3n) is 5.28. The number of amides is 1. The highest BCUT2D eigenvalue weighted by molar-refractivity contribution is 6.36. The number of halogens is 2. The summed E-state index contributed by atoms with van der Waals surface area (Å²) in [6.45, 7) is 10.0. The zero-order valence-electron chi connectivity index (χ0n) is 16.6. The standard InChI is InChI=1S/C22H25Cl2N3O/c1-5-27-20-9-6-15(10-18(20)14(2)12-22(27,3)4)13-25-26-21(28)17-8-7-16(23)11-19(17)24/h6-11,13-14H,5,12H2,1-4H3,(H,26,28)/b25-13-/t14-/m0/s1. The first kappa shape index (κ1) is 20.7. The van der Waals surface area contributed by atoms with Gasteiger partial charge in [0.15, 0.2) is 0 Å². The maximum atomic E-state index is 12.2. The van der Waals surface area contributed by atoms with Crippen LogP contribution in [-0.4, -0.2) is 24.2 Å². The van der Waals surface area contributed by atoms with E-state index < -0.39 is 0 Å². The molecule has 28 heavy (non-hydrogen) atoms. The van der Waals surface area contributed by atoms with E-state index in [0.717, 1.165) is 18.5 Å². The maximum Gasteiger partial charge on any atom is 0.272 e. The minimum absolute atomic E-state index is 0.141. The average molecular weight is 418 g/mol. The normalized spacial score (nSPS) is 18.2. The van der Waals surface area contributed by atoms with Gasteiger partial charge in [0.1, 0.15) is 0 Å². The van der Waals surface area contributed by atoms with Crippen molar-refractivity contribution in [3.63, 3.8) is 0 Å². The Bertz CT molecular complexity index is 924. The third-order valence-corrected chi connectivity index (χ3v) is 5.83. The lowest BCUT2D eigenvalue weighted by atomic mass is 9.79. The van der Waals surface area contributed by atoms with Crippen LogP contribution in [0.5, 0.6) is 0 Å². The van der Waals surface area contributed by atoms with Gasteiger partial charge >= 0.3 is 0 Å². The van der Waals surface area contributed by atoms with Gasteiger partial charge in [-0.15, -0.1) is 0 Å². The van der Waals surface area contributed by atoms with Gasteiger partial charge in [-0.05, 0) is 74.6 Å². The molecule has 0 radical (unpaired) electrons. The van der Waals surface area contributed by atoms with Crippen LogP contribution in [0, 0.1) is 0 Å².